The van der Waals surface area contributed by atoms with E-state index in [2.05, 4.69) is 11.4 Å². The van der Waals surface area contributed by atoms with Crippen LogP contribution in [0.1, 0.15) is 38.2 Å². The van der Waals surface area contributed by atoms with E-state index in [1.54, 1.807) is 19.1 Å². The Kier molecular flexibility index (Phi) is 5.56. The predicted molar refractivity (Wildman–Crippen MR) is 87.1 cm³/mol. The van der Waals surface area contributed by atoms with E-state index < -0.39 is 9.84 Å². The summed E-state index contributed by atoms with van der Waals surface area (Å²) in [5.74, 6) is -0.126. The average molecular weight is 332 g/mol. The molecule has 23 heavy (non-hydrogen) atoms. The number of sulfone groups is 1. The molecule has 1 aromatic rings. The third-order valence-corrected chi connectivity index (χ3v) is 5.67. The fraction of sp³-hybridized carbons (Fsp3) is 0.412. The Hall–Kier alpha value is -2.13. The Morgan fingerprint density at radius 3 is 2.48 bits per heavy atom. The van der Waals surface area contributed by atoms with Gasteiger partial charge in [0.15, 0.2) is 9.84 Å². The molecule has 0 aliphatic heterocycles. The van der Waals surface area contributed by atoms with Gasteiger partial charge in [0.05, 0.1) is 23.1 Å². The first-order valence-corrected chi connectivity index (χ1v) is 9.35. The molecule has 0 atom stereocenters. The van der Waals surface area contributed by atoms with Gasteiger partial charge in [-0.25, -0.2) is 8.42 Å². The first-order chi connectivity index (χ1) is 11.0. The number of amides is 1. The second-order valence-corrected chi connectivity index (χ2v) is 7.83. The Balaban J connectivity index is 2.04. The Morgan fingerprint density at radius 1 is 1.22 bits per heavy atom. The van der Waals surface area contributed by atoms with Gasteiger partial charge in [-0.05, 0) is 43.4 Å². The van der Waals surface area contributed by atoms with Gasteiger partial charge in [-0.1, -0.05) is 19.1 Å². The van der Waals surface area contributed by atoms with Gasteiger partial charge in [-0.3, -0.25) is 4.79 Å². The van der Waals surface area contributed by atoms with Crippen LogP contribution in [0.2, 0.25) is 0 Å². The van der Waals surface area contributed by atoms with Crippen molar-refractivity contribution in [3.63, 3.8) is 0 Å². The molecule has 6 heteroatoms. The number of nitriles is 1. The monoisotopic (exact) mass is 332 g/mol. The van der Waals surface area contributed by atoms with Crippen molar-refractivity contribution < 1.29 is 13.2 Å². The molecular weight excluding hydrogens is 312 g/mol. The number of benzene rings is 1. The van der Waals surface area contributed by atoms with E-state index in [0.29, 0.717) is 5.57 Å². The van der Waals surface area contributed by atoms with Crippen LogP contribution in [0.3, 0.4) is 0 Å². The molecule has 1 amide bonds. The number of carbonyl (C=O) groups excluding carboxylic acids is 1. The maximum atomic E-state index is 12.1. The summed E-state index contributed by atoms with van der Waals surface area (Å²) in [4.78, 5) is 12.4. The summed E-state index contributed by atoms with van der Waals surface area (Å²) in [6.45, 7) is 1.60. The topological polar surface area (TPSA) is 87.0 Å². The van der Waals surface area contributed by atoms with Crippen molar-refractivity contribution in [3.05, 3.63) is 41.1 Å². The Labute approximate surface area is 136 Å². The molecule has 0 heterocycles. The van der Waals surface area contributed by atoms with Crippen LogP contribution in [0.5, 0.6) is 0 Å². The van der Waals surface area contributed by atoms with Crippen LogP contribution in [0.25, 0.3) is 0 Å². The third-order valence-electron chi connectivity index (χ3n) is 3.92. The van der Waals surface area contributed by atoms with Crippen molar-refractivity contribution in [3.8, 4) is 6.07 Å². The lowest BCUT2D eigenvalue weighted by molar-refractivity contribution is -0.119. The first-order valence-electron chi connectivity index (χ1n) is 7.70. The average Bonchev–Trinajstić information content (AvgIpc) is 2.55. The highest BCUT2D eigenvalue weighted by molar-refractivity contribution is 7.91. The molecular formula is C17H20N2O3S. The molecule has 0 saturated heterocycles. The van der Waals surface area contributed by atoms with Crippen LogP contribution in [0.4, 0.5) is 0 Å². The fourth-order valence-electron chi connectivity index (χ4n) is 2.55. The number of hydrogen-bond acceptors (Lipinski definition) is 4. The van der Waals surface area contributed by atoms with Crippen LogP contribution < -0.4 is 5.32 Å². The van der Waals surface area contributed by atoms with E-state index in [1.807, 2.05) is 0 Å². The molecule has 0 bridgehead atoms. The second kappa shape index (κ2) is 7.42. The molecule has 1 N–H and O–H groups in total. The third kappa shape index (κ3) is 4.42. The van der Waals surface area contributed by atoms with Gasteiger partial charge in [0.1, 0.15) is 0 Å². The van der Waals surface area contributed by atoms with Crippen LogP contribution in [-0.2, 0) is 21.1 Å². The van der Waals surface area contributed by atoms with E-state index in [4.69, 9.17) is 5.26 Å². The van der Waals surface area contributed by atoms with Crippen LogP contribution in [-0.4, -0.2) is 20.1 Å². The van der Waals surface area contributed by atoms with E-state index in [9.17, 15) is 13.2 Å². The molecule has 0 spiro atoms. The van der Waals surface area contributed by atoms with Gasteiger partial charge < -0.3 is 5.32 Å². The molecule has 0 aromatic heterocycles. The van der Waals surface area contributed by atoms with Crippen LogP contribution in [0, 0.1) is 11.3 Å². The van der Waals surface area contributed by atoms with Crippen molar-refractivity contribution in [2.24, 2.45) is 0 Å². The fourth-order valence-corrected chi connectivity index (χ4v) is 3.43. The highest BCUT2D eigenvalue weighted by Gasteiger charge is 2.15. The zero-order valence-corrected chi connectivity index (χ0v) is 13.9. The first kappa shape index (κ1) is 17.2. The summed E-state index contributed by atoms with van der Waals surface area (Å²) in [6.07, 6.45) is 3.56. The van der Waals surface area contributed by atoms with Gasteiger partial charge in [-0.2, -0.15) is 5.26 Å². The van der Waals surface area contributed by atoms with Crippen molar-refractivity contribution in [1.82, 2.24) is 5.32 Å². The Bertz CT molecular complexity index is 756. The number of rotatable bonds is 5. The summed E-state index contributed by atoms with van der Waals surface area (Å²) < 4.78 is 23.5. The second-order valence-electron chi connectivity index (χ2n) is 5.55. The van der Waals surface area contributed by atoms with Crippen LogP contribution >= 0.6 is 0 Å². The smallest absolute Gasteiger partial charge is 0.228 e. The SMILES string of the molecule is CCS(=O)(=O)c1ccc(CC(=O)NC2=C(C#N)CCCC2)cc1. The summed E-state index contributed by atoms with van der Waals surface area (Å²) in [6, 6.07) is 8.52. The quantitative estimate of drug-likeness (QED) is 0.897. The molecule has 5 nitrogen and oxygen atoms in total. The number of allylic oxidation sites excluding steroid dienone is 2. The minimum atomic E-state index is -3.22. The van der Waals surface area contributed by atoms with E-state index in [1.165, 1.54) is 12.1 Å². The lowest BCUT2D eigenvalue weighted by Crippen LogP contribution is -2.26. The maximum Gasteiger partial charge on any atom is 0.228 e. The zero-order chi connectivity index (χ0) is 16.9. The standard InChI is InChI=1S/C17H20N2O3S/c1-2-23(21,22)15-9-7-13(8-10-15)11-17(20)19-16-6-4-3-5-14(16)12-18/h7-10H,2-6,11H2,1H3,(H,19,20). The minimum Gasteiger partial charge on any atom is -0.329 e. The normalized spacial score (nSPS) is 15.1. The molecule has 1 aromatic carbocycles. The van der Waals surface area contributed by atoms with Crippen molar-refractivity contribution in [2.75, 3.05) is 5.75 Å². The van der Waals surface area contributed by atoms with Gasteiger partial charge in [0.25, 0.3) is 0 Å². The van der Waals surface area contributed by atoms with Crippen molar-refractivity contribution in [1.29, 1.82) is 5.26 Å². The van der Waals surface area contributed by atoms with E-state index in [0.717, 1.165) is 36.9 Å². The summed E-state index contributed by atoms with van der Waals surface area (Å²) in [5, 5.41) is 11.9. The lowest BCUT2D eigenvalue weighted by Gasteiger charge is -2.16. The van der Waals surface area contributed by atoms with E-state index >= 15 is 0 Å². The van der Waals surface area contributed by atoms with Gasteiger partial charge in [-0.15, -0.1) is 0 Å². The highest BCUT2D eigenvalue weighted by Crippen LogP contribution is 2.22. The largest absolute Gasteiger partial charge is 0.329 e. The van der Waals surface area contributed by atoms with Crippen molar-refractivity contribution >= 4 is 15.7 Å². The molecule has 1 aliphatic rings. The number of nitrogens with zero attached hydrogens (tertiary/aromatic N) is 1. The molecule has 0 saturated carbocycles. The Morgan fingerprint density at radius 2 is 1.87 bits per heavy atom. The summed E-state index contributed by atoms with van der Waals surface area (Å²) in [7, 11) is -3.22. The summed E-state index contributed by atoms with van der Waals surface area (Å²) in [5.41, 5.74) is 2.13. The van der Waals surface area contributed by atoms with Gasteiger partial charge >= 0.3 is 0 Å². The number of carbonyl (C=O) groups is 1. The number of nitrogens with one attached hydrogen (secondary N) is 1. The predicted octanol–water partition coefficient (Wildman–Crippen LogP) is 2.49. The van der Waals surface area contributed by atoms with Gasteiger partial charge in [0.2, 0.25) is 5.91 Å². The lowest BCUT2D eigenvalue weighted by atomic mass is 9.97. The highest BCUT2D eigenvalue weighted by atomic mass is 32.2. The maximum absolute atomic E-state index is 12.1. The van der Waals surface area contributed by atoms with Gasteiger partial charge in [0, 0.05) is 11.3 Å². The molecule has 0 fully saturated rings. The molecule has 122 valence electrons. The molecule has 0 radical (unpaired) electrons. The minimum absolute atomic E-state index is 0.0535. The molecule has 1 aliphatic carbocycles. The zero-order valence-electron chi connectivity index (χ0n) is 13.1. The summed E-state index contributed by atoms with van der Waals surface area (Å²) >= 11 is 0. The number of hydrogen-bond donors (Lipinski definition) is 1. The molecule has 0 unspecified atom stereocenters. The van der Waals surface area contributed by atoms with E-state index in [-0.39, 0.29) is 23.0 Å². The van der Waals surface area contributed by atoms with Crippen LogP contribution in [0.15, 0.2) is 40.4 Å². The van der Waals surface area contributed by atoms with Crippen molar-refractivity contribution in [2.45, 2.75) is 43.9 Å². The molecule has 2 rings (SSSR count).